The number of hydrogen-bond donors (Lipinski definition) is 2. The number of ether oxygens (including phenoxy) is 1. The molecule has 0 aromatic carbocycles. The Morgan fingerprint density at radius 1 is 1.10 bits per heavy atom. The van der Waals surface area contributed by atoms with Gasteiger partial charge in [-0.2, -0.15) is 8.42 Å². The lowest BCUT2D eigenvalue weighted by atomic mass is 9.97. The number of aromatic nitrogens is 3. The van der Waals surface area contributed by atoms with Gasteiger partial charge in [0.2, 0.25) is 5.88 Å². The molecular formula is C28H40N6O4S. The minimum absolute atomic E-state index is 0. The summed E-state index contributed by atoms with van der Waals surface area (Å²) in [6.07, 6.45) is 0.889. The Morgan fingerprint density at radius 3 is 2.44 bits per heavy atom. The normalized spacial score (nSPS) is 17.2. The molecule has 1 aliphatic rings. The maximum atomic E-state index is 13.4. The third-order valence-electron chi connectivity index (χ3n) is 6.33. The lowest BCUT2D eigenvalue weighted by Crippen LogP contribution is -2.41. The van der Waals surface area contributed by atoms with Gasteiger partial charge in [0.25, 0.3) is 15.9 Å². The van der Waals surface area contributed by atoms with Crippen LogP contribution in [-0.4, -0.2) is 48.0 Å². The molecule has 1 aliphatic heterocycles. The highest BCUT2D eigenvalue weighted by Crippen LogP contribution is 2.38. The molecule has 1 atom stereocenters. The van der Waals surface area contributed by atoms with Gasteiger partial charge in [-0.15, -0.1) is 0 Å². The number of rotatable bonds is 7. The quantitative estimate of drug-likeness (QED) is 0.420. The van der Waals surface area contributed by atoms with E-state index in [1.807, 2.05) is 12.1 Å². The summed E-state index contributed by atoms with van der Waals surface area (Å²) < 4.78 is 33.9. The van der Waals surface area contributed by atoms with Gasteiger partial charge in [-0.05, 0) is 61.9 Å². The molecule has 1 fully saturated rings. The van der Waals surface area contributed by atoms with Crippen LogP contribution in [0, 0.1) is 11.3 Å². The van der Waals surface area contributed by atoms with Gasteiger partial charge in [0.15, 0.2) is 5.03 Å². The van der Waals surface area contributed by atoms with E-state index in [0.717, 1.165) is 6.42 Å². The predicted octanol–water partition coefficient (Wildman–Crippen LogP) is 4.78. The van der Waals surface area contributed by atoms with Crippen LogP contribution < -0.4 is 20.1 Å². The predicted molar refractivity (Wildman–Crippen MR) is 155 cm³/mol. The van der Waals surface area contributed by atoms with Crippen molar-refractivity contribution in [1.29, 1.82) is 0 Å². The molecule has 1 amide bonds. The highest BCUT2D eigenvalue weighted by molar-refractivity contribution is 7.90. The molecule has 0 saturated carbocycles. The van der Waals surface area contributed by atoms with Crippen molar-refractivity contribution in [3.8, 4) is 17.3 Å². The minimum Gasteiger partial charge on any atom is -0.477 e. The van der Waals surface area contributed by atoms with Gasteiger partial charge in [-0.3, -0.25) is 4.79 Å². The standard InChI is InChI=1S/C28H36N6O4S.2H2/c1-18-15-28(5,6)34(16-18)25-19(26(35)33-39(36,37)24-12-8-10-22(29)32-24)13-14-21(31-25)20-9-7-11-23(30-20)38-17-27(2,3)4;;/h7-14,18H,15-17H2,1-6H3,(H2,29,32)(H,33,35);2*1H. The Kier molecular flexibility index (Phi) is 7.57. The van der Waals surface area contributed by atoms with Crippen LogP contribution in [-0.2, 0) is 10.0 Å². The van der Waals surface area contributed by atoms with Crippen molar-refractivity contribution < 1.29 is 20.8 Å². The largest absolute Gasteiger partial charge is 0.477 e. The van der Waals surface area contributed by atoms with Gasteiger partial charge in [0.1, 0.15) is 11.6 Å². The maximum absolute atomic E-state index is 13.4. The summed E-state index contributed by atoms with van der Waals surface area (Å²) in [5.74, 6) is 0.445. The molecule has 3 aromatic heterocycles. The number of anilines is 2. The Labute approximate surface area is 233 Å². The Bertz CT molecular complexity index is 1490. The SMILES string of the molecule is CC1CN(c2nc(-c3cccc(OCC(C)(C)C)n3)ccc2C(=O)NS(=O)(=O)c2cccc(N)n2)C(C)(C)C1.[HH].[HH]. The summed E-state index contributed by atoms with van der Waals surface area (Å²) in [4.78, 5) is 28.8. The lowest BCUT2D eigenvalue weighted by molar-refractivity contribution is 0.0981. The van der Waals surface area contributed by atoms with Gasteiger partial charge in [-0.25, -0.2) is 19.7 Å². The molecule has 39 heavy (non-hydrogen) atoms. The van der Waals surface area contributed by atoms with E-state index in [0.29, 0.717) is 42.2 Å². The number of amides is 1. The molecule has 1 saturated heterocycles. The Hall–Kier alpha value is -3.73. The van der Waals surface area contributed by atoms with E-state index in [-0.39, 0.29) is 30.2 Å². The molecule has 0 radical (unpaired) electrons. The van der Waals surface area contributed by atoms with Crippen LogP contribution in [0.5, 0.6) is 5.88 Å². The van der Waals surface area contributed by atoms with Crippen LogP contribution in [0.3, 0.4) is 0 Å². The topological polar surface area (TPSA) is 140 Å². The van der Waals surface area contributed by atoms with E-state index in [1.165, 1.54) is 18.2 Å². The van der Waals surface area contributed by atoms with E-state index in [1.54, 1.807) is 18.2 Å². The van der Waals surface area contributed by atoms with E-state index < -0.39 is 15.9 Å². The smallest absolute Gasteiger partial charge is 0.281 e. The van der Waals surface area contributed by atoms with Crippen molar-refractivity contribution in [2.24, 2.45) is 11.3 Å². The van der Waals surface area contributed by atoms with Crippen LogP contribution in [0.15, 0.2) is 53.6 Å². The van der Waals surface area contributed by atoms with Crippen molar-refractivity contribution in [1.82, 2.24) is 19.7 Å². The number of nitrogen functional groups attached to an aromatic ring is 1. The van der Waals surface area contributed by atoms with E-state index >= 15 is 0 Å². The van der Waals surface area contributed by atoms with Gasteiger partial charge < -0.3 is 15.4 Å². The zero-order chi connectivity index (χ0) is 28.6. The van der Waals surface area contributed by atoms with Crippen molar-refractivity contribution in [3.63, 3.8) is 0 Å². The summed E-state index contributed by atoms with van der Waals surface area (Å²) in [6, 6.07) is 12.9. The number of nitrogens with one attached hydrogen (secondary N) is 1. The molecule has 11 heteroatoms. The van der Waals surface area contributed by atoms with E-state index in [9.17, 15) is 13.2 Å². The number of hydrogen-bond acceptors (Lipinski definition) is 9. The highest BCUT2D eigenvalue weighted by Gasteiger charge is 2.39. The molecule has 10 nitrogen and oxygen atoms in total. The molecule has 212 valence electrons. The summed E-state index contributed by atoms with van der Waals surface area (Å²) in [6.45, 7) is 13.7. The van der Waals surface area contributed by atoms with Crippen LogP contribution in [0.25, 0.3) is 11.4 Å². The first-order valence-corrected chi connectivity index (χ1v) is 14.3. The number of nitrogens with two attached hydrogens (primary N) is 1. The van der Waals surface area contributed by atoms with Gasteiger partial charge in [0.05, 0.1) is 23.6 Å². The minimum atomic E-state index is -4.26. The van der Waals surface area contributed by atoms with Crippen molar-refractivity contribution in [2.75, 3.05) is 23.8 Å². The van der Waals surface area contributed by atoms with Crippen LogP contribution in [0.2, 0.25) is 0 Å². The first-order chi connectivity index (χ1) is 18.1. The maximum Gasteiger partial charge on any atom is 0.281 e. The molecular weight excluding hydrogens is 516 g/mol. The fraction of sp³-hybridized carbons (Fsp3) is 0.429. The molecule has 4 rings (SSSR count). The van der Waals surface area contributed by atoms with E-state index in [2.05, 4.69) is 61.1 Å². The molecule has 0 bridgehead atoms. The van der Waals surface area contributed by atoms with Gasteiger partial charge >= 0.3 is 0 Å². The third kappa shape index (κ3) is 6.65. The van der Waals surface area contributed by atoms with Crippen LogP contribution >= 0.6 is 0 Å². The summed E-state index contributed by atoms with van der Waals surface area (Å²) >= 11 is 0. The Balaban J connectivity index is 0.00000294. The number of carbonyl (C=O) groups excluding carboxylic acids is 1. The Morgan fingerprint density at radius 2 is 1.79 bits per heavy atom. The monoisotopic (exact) mass is 556 g/mol. The van der Waals surface area contributed by atoms with E-state index in [4.69, 9.17) is 15.5 Å². The number of carbonyl (C=O) groups is 1. The molecule has 1 unspecified atom stereocenters. The zero-order valence-electron chi connectivity index (χ0n) is 23.2. The third-order valence-corrected chi connectivity index (χ3v) is 7.57. The van der Waals surface area contributed by atoms with Crippen molar-refractivity contribution in [3.05, 3.63) is 54.1 Å². The van der Waals surface area contributed by atoms with Gasteiger partial charge in [0, 0.05) is 21.0 Å². The summed E-state index contributed by atoms with van der Waals surface area (Å²) in [7, 11) is -4.26. The highest BCUT2D eigenvalue weighted by atomic mass is 32.2. The first kappa shape index (κ1) is 28.3. The van der Waals surface area contributed by atoms with Gasteiger partial charge in [-0.1, -0.05) is 39.8 Å². The molecule has 4 heterocycles. The summed E-state index contributed by atoms with van der Waals surface area (Å²) in [5.41, 5.74) is 6.57. The molecule has 3 N–H and O–H groups in total. The molecule has 3 aromatic rings. The average molecular weight is 557 g/mol. The second-order valence-electron chi connectivity index (χ2n) is 11.8. The van der Waals surface area contributed by atoms with Crippen molar-refractivity contribution in [2.45, 2.75) is 58.5 Å². The number of pyridine rings is 3. The van der Waals surface area contributed by atoms with Crippen LogP contribution in [0.1, 0.15) is 61.2 Å². The second-order valence-corrected chi connectivity index (χ2v) is 13.5. The molecule has 0 aliphatic carbocycles. The summed E-state index contributed by atoms with van der Waals surface area (Å²) in [5, 5.41) is -0.339. The van der Waals surface area contributed by atoms with Crippen LogP contribution in [0.4, 0.5) is 11.6 Å². The first-order valence-electron chi connectivity index (χ1n) is 12.8. The number of nitrogens with zero attached hydrogens (tertiary/aromatic N) is 4. The number of sulfonamides is 1. The fourth-order valence-electron chi connectivity index (χ4n) is 4.67. The average Bonchev–Trinajstić information content (AvgIpc) is 3.13. The molecule has 0 spiro atoms. The fourth-order valence-corrected chi connectivity index (χ4v) is 5.61. The van der Waals surface area contributed by atoms with Crippen molar-refractivity contribution >= 4 is 27.6 Å². The second kappa shape index (κ2) is 10.4. The zero-order valence-corrected chi connectivity index (χ0v) is 24.0. The lowest BCUT2D eigenvalue weighted by Gasteiger charge is -2.34.